The maximum absolute atomic E-state index is 10.1. The molecule has 0 fully saturated rings. The number of thiazole rings is 1. The minimum atomic E-state index is -0.848. The Hall–Kier alpha value is -0.450. The monoisotopic (exact) mass is 215 g/mol. The Bertz CT molecular complexity index is 296. The molecule has 1 N–H and O–H groups in total. The zero-order valence-corrected chi connectivity index (χ0v) is 9.89. The molecule has 0 spiro atoms. The van der Waals surface area contributed by atoms with Crippen molar-refractivity contribution in [3.63, 3.8) is 0 Å². The van der Waals surface area contributed by atoms with Crippen LogP contribution in [-0.4, -0.2) is 28.9 Å². The van der Waals surface area contributed by atoms with E-state index < -0.39 is 5.60 Å². The number of aromatic nitrogens is 1. The average molecular weight is 215 g/mol. The highest BCUT2D eigenvalue weighted by molar-refractivity contribution is 7.09. The van der Waals surface area contributed by atoms with Crippen molar-refractivity contribution in [2.75, 3.05) is 7.11 Å². The van der Waals surface area contributed by atoms with Gasteiger partial charge in [0.05, 0.1) is 16.7 Å². The van der Waals surface area contributed by atoms with Crippen LogP contribution in [0, 0.1) is 6.92 Å². The van der Waals surface area contributed by atoms with Crippen LogP contribution in [0.15, 0.2) is 5.38 Å². The summed E-state index contributed by atoms with van der Waals surface area (Å²) in [5.41, 5.74) is 0.157. The molecule has 0 aliphatic rings. The van der Waals surface area contributed by atoms with Gasteiger partial charge in [-0.2, -0.15) is 0 Å². The minimum absolute atomic E-state index is 0.188. The lowest BCUT2D eigenvalue weighted by Crippen LogP contribution is -2.40. The summed E-state index contributed by atoms with van der Waals surface area (Å²) in [4.78, 5) is 4.32. The molecule has 1 heterocycles. The lowest BCUT2D eigenvalue weighted by Gasteiger charge is -2.28. The minimum Gasteiger partial charge on any atom is -0.387 e. The molecule has 0 aliphatic carbocycles. The molecule has 0 aliphatic heterocycles. The second-order valence-corrected chi connectivity index (χ2v) is 4.74. The van der Waals surface area contributed by atoms with Crippen LogP contribution in [0.1, 0.15) is 24.5 Å². The normalized spacial score (nSPS) is 17.8. The molecular formula is C10H17NO2S. The van der Waals surface area contributed by atoms with Crippen molar-refractivity contribution in [1.82, 2.24) is 4.98 Å². The SMILES string of the molecule is COC(C)C(C)(O)Cc1nc(C)cs1. The maximum Gasteiger partial charge on any atom is 0.0957 e. The third kappa shape index (κ3) is 2.77. The first-order valence-corrected chi connectivity index (χ1v) is 5.50. The Morgan fingerprint density at radius 3 is 2.79 bits per heavy atom. The van der Waals surface area contributed by atoms with Crippen LogP contribution in [0.2, 0.25) is 0 Å². The van der Waals surface area contributed by atoms with Crippen molar-refractivity contribution in [2.24, 2.45) is 0 Å². The smallest absolute Gasteiger partial charge is 0.0957 e. The van der Waals surface area contributed by atoms with Gasteiger partial charge in [-0.15, -0.1) is 11.3 Å². The van der Waals surface area contributed by atoms with Gasteiger partial charge in [0.1, 0.15) is 0 Å². The van der Waals surface area contributed by atoms with Crippen LogP contribution >= 0.6 is 11.3 Å². The third-order valence-electron chi connectivity index (χ3n) is 2.41. The molecule has 0 radical (unpaired) electrons. The molecule has 2 atom stereocenters. The predicted molar refractivity (Wildman–Crippen MR) is 57.6 cm³/mol. The van der Waals surface area contributed by atoms with E-state index in [2.05, 4.69) is 4.98 Å². The largest absolute Gasteiger partial charge is 0.387 e. The van der Waals surface area contributed by atoms with Crippen LogP contribution in [0.5, 0.6) is 0 Å². The second kappa shape index (κ2) is 4.38. The van der Waals surface area contributed by atoms with Crippen molar-refractivity contribution in [3.8, 4) is 0 Å². The summed E-state index contributed by atoms with van der Waals surface area (Å²) in [6, 6.07) is 0. The Morgan fingerprint density at radius 2 is 2.36 bits per heavy atom. The molecule has 0 saturated heterocycles. The highest BCUT2D eigenvalue weighted by Crippen LogP contribution is 2.21. The van der Waals surface area contributed by atoms with Gasteiger partial charge in [0.15, 0.2) is 0 Å². The van der Waals surface area contributed by atoms with E-state index in [0.29, 0.717) is 6.42 Å². The van der Waals surface area contributed by atoms with E-state index >= 15 is 0 Å². The Labute approximate surface area is 88.8 Å². The fourth-order valence-electron chi connectivity index (χ4n) is 1.19. The van der Waals surface area contributed by atoms with Gasteiger partial charge >= 0.3 is 0 Å². The lowest BCUT2D eigenvalue weighted by atomic mass is 9.97. The number of nitrogens with zero attached hydrogens (tertiary/aromatic N) is 1. The highest BCUT2D eigenvalue weighted by atomic mass is 32.1. The lowest BCUT2D eigenvalue weighted by molar-refractivity contribution is -0.0716. The number of aryl methyl sites for hydroxylation is 1. The average Bonchev–Trinajstić information content (AvgIpc) is 2.48. The van der Waals surface area contributed by atoms with Crippen molar-refractivity contribution in [2.45, 2.75) is 38.9 Å². The topological polar surface area (TPSA) is 42.4 Å². The van der Waals surface area contributed by atoms with Gasteiger partial charge in [-0.25, -0.2) is 4.98 Å². The van der Waals surface area contributed by atoms with Gasteiger partial charge < -0.3 is 9.84 Å². The number of ether oxygens (including phenoxy) is 1. The fraction of sp³-hybridized carbons (Fsp3) is 0.700. The molecule has 4 heteroatoms. The quantitative estimate of drug-likeness (QED) is 0.832. The van der Waals surface area contributed by atoms with E-state index in [1.807, 2.05) is 19.2 Å². The Morgan fingerprint density at radius 1 is 1.71 bits per heavy atom. The van der Waals surface area contributed by atoms with E-state index in [0.717, 1.165) is 10.7 Å². The van der Waals surface area contributed by atoms with E-state index in [-0.39, 0.29) is 6.10 Å². The molecule has 0 aromatic carbocycles. The van der Waals surface area contributed by atoms with Gasteiger partial charge in [-0.05, 0) is 20.8 Å². The molecule has 1 aromatic heterocycles. The molecule has 2 unspecified atom stereocenters. The summed E-state index contributed by atoms with van der Waals surface area (Å²) in [7, 11) is 1.60. The van der Waals surface area contributed by atoms with Crippen molar-refractivity contribution in [1.29, 1.82) is 0 Å². The molecule has 0 saturated carbocycles. The Balaban J connectivity index is 2.67. The summed E-state index contributed by atoms with van der Waals surface area (Å²) in [5.74, 6) is 0. The number of hydrogen-bond donors (Lipinski definition) is 1. The number of hydrogen-bond acceptors (Lipinski definition) is 4. The molecule has 14 heavy (non-hydrogen) atoms. The van der Waals surface area contributed by atoms with Crippen molar-refractivity contribution >= 4 is 11.3 Å². The summed E-state index contributed by atoms with van der Waals surface area (Å²) in [5, 5.41) is 13.0. The zero-order chi connectivity index (χ0) is 10.8. The first-order valence-electron chi connectivity index (χ1n) is 4.62. The molecule has 3 nitrogen and oxygen atoms in total. The predicted octanol–water partition coefficient (Wildman–Crippen LogP) is 1.78. The zero-order valence-electron chi connectivity index (χ0n) is 9.07. The summed E-state index contributed by atoms with van der Waals surface area (Å²) in [6.07, 6.45) is 0.354. The summed E-state index contributed by atoms with van der Waals surface area (Å²) >= 11 is 1.58. The van der Waals surface area contributed by atoms with Crippen LogP contribution in [-0.2, 0) is 11.2 Å². The molecule has 1 rings (SSSR count). The molecule has 80 valence electrons. The van der Waals surface area contributed by atoms with Gasteiger partial charge in [-0.1, -0.05) is 0 Å². The highest BCUT2D eigenvalue weighted by Gasteiger charge is 2.29. The number of methoxy groups -OCH3 is 1. The second-order valence-electron chi connectivity index (χ2n) is 3.79. The van der Waals surface area contributed by atoms with Crippen LogP contribution < -0.4 is 0 Å². The fourth-order valence-corrected chi connectivity index (χ4v) is 2.12. The van der Waals surface area contributed by atoms with E-state index in [9.17, 15) is 5.11 Å². The first kappa shape index (κ1) is 11.6. The maximum atomic E-state index is 10.1. The molecular weight excluding hydrogens is 198 g/mol. The number of rotatable bonds is 4. The molecule has 0 amide bonds. The standard InChI is InChI=1S/C10H17NO2S/c1-7-6-14-9(11-7)5-10(3,12)8(2)13-4/h6,8,12H,5H2,1-4H3. The van der Waals surface area contributed by atoms with E-state index in [1.54, 1.807) is 25.4 Å². The third-order valence-corrected chi connectivity index (χ3v) is 3.37. The number of aliphatic hydroxyl groups is 1. The first-order chi connectivity index (χ1) is 6.45. The van der Waals surface area contributed by atoms with Crippen LogP contribution in [0.25, 0.3) is 0 Å². The van der Waals surface area contributed by atoms with Gasteiger partial charge in [0.25, 0.3) is 0 Å². The van der Waals surface area contributed by atoms with Crippen LogP contribution in [0.3, 0.4) is 0 Å². The summed E-state index contributed by atoms with van der Waals surface area (Å²) < 4.78 is 5.12. The van der Waals surface area contributed by atoms with Crippen molar-refractivity contribution in [3.05, 3.63) is 16.1 Å². The van der Waals surface area contributed by atoms with Gasteiger partial charge in [0.2, 0.25) is 0 Å². The Kier molecular flexibility index (Phi) is 3.64. The van der Waals surface area contributed by atoms with Crippen LogP contribution in [0.4, 0.5) is 0 Å². The molecule has 1 aromatic rings. The van der Waals surface area contributed by atoms with Crippen molar-refractivity contribution < 1.29 is 9.84 Å². The van der Waals surface area contributed by atoms with E-state index in [4.69, 9.17) is 4.74 Å². The van der Waals surface area contributed by atoms with Gasteiger partial charge in [-0.3, -0.25) is 0 Å². The van der Waals surface area contributed by atoms with Gasteiger partial charge in [0, 0.05) is 24.6 Å². The molecule has 0 bridgehead atoms. The van der Waals surface area contributed by atoms with E-state index in [1.165, 1.54) is 0 Å². The summed E-state index contributed by atoms with van der Waals surface area (Å²) in [6.45, 7) is 5.59.